The summed E-state index contributed by atoms with van der Waals surface area (Å²) < 4.78 is 0. The maximum Gasteiger partial charge on any atom is 0.238 e. The molecule has 1 aliphatic rings. The number of phenolic OH excluding ortho intramolecular Hbond substituents is 3. The van der Waals surface area contributed by atoms with Crippen LogP contribution in [0.15, 0.2) is 5.57 Å². The number of carbonyl (C=O) groups excluding carboxylic acids is 2. The molecular formula is C12H9ClO6. The van der Waals surface area contributed by atoms with Crippen molar-refractivity contribution in [2.45, 2.75) is 13.3 Å². The lowest BCUT2D eigenvalue weighted by Crippen LogP contribution is -2.24. The normalized spacial score (nSPS) is 14.8. The number of aromatic hydroxyl groups is 3. The van der Waals surface area contributed by atoms with E-state index in [4.69, 9.17) is 11.6 Å². The summed E-state index contributed by atoms with van der Waals surface area (Å²) in [6.45, 7) is 1.54. The Labute approximate surface area is 112 Å². The quantitative estimate of drug-likeness (QED) is 0.356. The summed E-state index contributed by atoms with van der Waals surface area (Å²) in [5.74, 6) is -5.38. The molecule has 0 heterocycles. The van der Waals surface area contributed by atoms with Gasteiger partial charge in [-0.25, -0.2) is 0 Å². The predicted octanol–water partition coefficient (Wildman–Crippen LogP) is 1.90. The molecule has 0 unspecified atom stereocenters. The molecule has 0 saturated heterocycles. The Kier molecular flexibility index (Phi) is 2.90. The largest absolute Gasteiger partial charge is 0.507 e. The van der Waals surface area contributed by atoms with Crippen LogP contribution in [0.5, 0.6) is 17.2 Å². The maximum absolute atomic E-state index is 11.8. The van der Waals surface area contributed by atoms with Crippen LogP contribution >= 0.6 is 11.6 Å². The molecule has 2 rings (SSSR count). The summed E-state index contributed by atoms with van der Waals surface area (Å²) in [6.07, 6.45) is 0.0640. The number of aliphatic hydroxyl groups excluding tert-OH is 1. The van der Waals surface area contributed by atoms with Gasteiger partial charge in [0.05, 0.1) is 11.1 Å². The first-order chi connectivity index (χ1) is 8.82. The average Bonchev–Trinajstić information content (AvgIpc) is 2.38. The van der Waals surface area contributed by atoms with Crippen LogP contribution in [0.25, 0.3) is 5.76 Å². The Balaban J connectivity index is 2.98. The molecule has 4 N–H and O–H groups in total. The molecule has 0 amide bonds. The molecule has 0 spiro atoms. The number of phenols is 3. The predicted molar refractivity (Wildman–Crippen MR) is 65.6 cm³/mol. The van der Waals surface area contributed by atoms with Crippen molar-refractivity contribution in [1.29, 1.82) is 0 Å². The zero-order valence-corrected chi connectivity index (χ0v) is 10.4. The Morgan fingerprint density at radius 3 is 2.00 bits per heavy atom. The minimum atomic E-state index is -1.12. The lowest BCUT2D eigenvalue weighted by molar-refractivity contribution is -0.112. The fourth-order valence-electron chi connectivity index (χ4n) is 1.97. The summed E-state index contributed by atoms with van der Waals surface area (Å²) in [4.78, 5) is 23.6. The van der Waals surface area contributed by atoms with Crippen LogP contribution in [-0.2, 0) is 4.79 Å². The monoisotopic (exact) mass is 284 g/mol. The van der Waals surface area contributed by atoms with Crippen LogP contribution in [0, 0.1) is 0 Å². The number of ketones is 2. The molecule has 1 aliphatic carbocycles. The van der Waals surface area contributed by atoms with E-state index in [-0.39, 0.29) is 12.0 Å². The number of hydrogen-bond donors (Lipinski definition) is 4. The van der Waals surface area contributed by atoms with Gasteiger partial charge in [0.1, 0.15) is 16.5 Å². The first-order valence-corrected chi connectivity index (χ1v) is 5.68. The Bertz CT molecular complexity index is 659. The second kappa shape index (κ2) is 4.17. The number of carbonyl (C=O) groups is 2. The number of aliphatic hydroxyl groups is 1. The van der Waals surface area contributed by atoms with Crippen molar-refractivity contribution >= 4 is 28.9 Å². The van der Waals surface area contributed by atoms with Gasteiger partial charge in [-0.15, -0.1) is 0 Å². The van der Waals surface area contributed by atoms with Crippen molar-refractivity contribution in [2.24, 2.45) is 0 Å². The molecule has 19 heavy (non-hydrogen) atoms. The van der Waals surface area contributed by atoms with Gasteiger partial charge in [-0.1, -0.05) is 18.5 Å². The third-order valence-electron chi connectivity index (χ3n) is 2.95. The van der Waals surface area contributed by atoms with Crippen molar-refractivity contribution in [3.05, 3.63) is 21.7 Å². The summed E-state index contributed by atoms with van der Waals surface area (Å²) in [5.41, 5.74) is -1.28. The molecule has 0 saturated carbocycles. The Morgan fingerprint density at radius 2 is 1.47 bits per heavy atom. The minimum Gasteiger partial charge on any atom is -0.507 e. The van der Waals surface area contributed by atoms with Crippen molar-refractivity contribution < 1.29 is 30.0 Å². The van der Waals surface area contributed by atoms with Gasteiger partial charge < -0.3 is 20.4 Å². The number of rotatable bonds is 1. The van der Waals surface area contributed by atoms with Gasteiger partial charge in [0.2, 0.25) is 11.6 Å². The SMILES string of the molecule is CCC1=C(O)c2c(O)c(Cl)c(O)c(O)c2C(=O)C1=O. The first kappa shape index (κ1) is 13.2. The number of hydrogen-bond acceptors (Lipinski definition) is 6. The van der Waals surface area contributed by atoms with Gasteiger partial charge >= 0.3 is 0 Å². The zero-order valence-electron chi connectivity index (χ0n) is 9.69. The van der Waals surface area contributed by atoms with Crippen molar-refractivity contribution in [3.63, 3.8) is 0 Å². The Hall–Kier alpha value is -2.21. The minimum absolute atomic E-state index is 0.0640. The standard InChI is InChI=1S/C12H9ClO6/c1-2-3-7(14)4-5(10(17)8(3)15)11(18)12(19)6(13)9(4)16/h14,16,18-19H,2H2,1H3. The van der Waals surface area contributed by atoms with Gasteiger partial charge in [0, 0.05) is 5.57 Å². The van der Waals surface area contributed by atoms with Gasteiger partial charge in [-0.2, -0.15) is 0 Å². The first-order valence-electron chi connectivity index (χ1n) is 5.30. The van der Waals surface area contributed by atoms with E-state index < -0.39 is 50.7 Å². The molecule has 0 bridgehead atoms. The molecule has 1 aromatic rings. The number of benzene rings is 1. The van der Waals surface area contributed by atoms with Gasteiger partial charge in [0.15, 0.2) is 11.5 Å². The van der Waals surface area contributed by atoms with Gasteiger partial charge in [-0.3, -0.25) is 9.59 Å². The summed E-state index contributed by atoms with van der Waals surface area (Å²) >= 11 is 5.57. The molecule has 0 aromatic heterocycles. The van der Waals surface area contributed by atoms with Crippen molar-refractivity contribution in [2.75, 3.05) is 0 Å². The third-order valence-corrected chi connectivity index (χ3v) is 3.31. The third kappa shape index (κ3) is 1.57. The van der Waals surface area contributed by atoms with Crippen LogP contribution in [0.1, 0.15) is 29.3 Å². The molecule has 7 heteroatoms. The van der Waals surface area contributed by atoms with E-state index in [9.17, 15) is 30.0 Å². The summed E-state index contributed by atoms with van der Waals surface area (Å²) in [6, 6.07) is 0. The van der Waals surface area contributed by atoms with E-state index in [1.807, 2.05) is 0 Å². The second-order valence-corrected chi connectivity index (χ2v) is 4.33. The van der Waals surface area contributed by atoms with E-state index in [0.29, 0.717) is 0 Å². The molecule has 6 nitrogen and oxygen atoms in total. The molecule has 0 radical (unpaired) electrons. The average molecular weight is 285 g/mol. The van der Waals surface area contributed by atoms with E-state index >= 15 is 0 Å². The topological polar surface area (TPSA) is 115 Å². The fraction of sp³-hybridized carbons (Fsp3) is 0.167. The molecule has 0 fully saturated rings. The smallest absolute Gasteiger partial charge is 0.238 e. The molecule has 1 aromatic carbocycles. The lowest BCUT2D eigenvalue weighted by atomic mass is 9.86. The second-order valence-electron chi connectivity index (χ2n) is 3.95. The van der Waals surface area contributed by atoms with Gasteiger partial charge in [-0.05, 0) is 6.42 Å². The lowest BCUT2D eigenvalue weighted by Gasteiger charge is -2.20. The van der Waals surface area contributed by atoms with Gasteiger partial charge in [0.25, 0.3) is 0 Å². The van der Waals surface area contributed by atoms with Crippen LogP contribution in [0.2, 0.25) is 5.02 Å². The molecule has 0 aliphatic heterocycles. The molecular weight excluding hydrogens is 276 g/mol. The number of halogens is 1. The highest BCUT2D eigenvalue weighted by Crippen LogP contribution is 2.49. The molecule has 0 atom stereocenters. The summed E-state index contributed by atoms with van der Waals surface area (Å²) in [5, 5.41) is 38.2. The zero-order chi connectivity index (χ0) is 14.5. The highest BCUT2D eigenvalue weighted by atomic mass is 35.5. The number of fused-ring (bicyclic) bond motifs is 1. The summed E-state index contributed by atoms with van der Waals surface area (Å²) in [7, 11) is 0. The number of Topliss-reactive ketones (excluding diaryl/α,β-unsaturated/α-hetero) is 2. The highest BCUT2D eigenvalue weighted by molar-refractivity contribution is 6.53. The van der Waals surface area contributed by atoms with E-state index in [2.05, 4.69) is 0 Å². The maximum atomic E-state index is 11.8. The van der Waals surface area contributed by atoms with Crippen LogP contribution in [0.4, 0.5) is 0 Å². The fourth-order valence-corrected chi connectivity index (χ4v) is 2.15. The van der Waals surface area contributed by atoms with Crippen molar-refractivity contribution in [3.8, 4) is 17.2 Å². The van der Waals surface area contributed by atoms with Crippen LogP contribution in [-0.4, -0.2) is 32.0 Å². The van der Waals surface area contributed by atoms with E-state index in [1.54, 1.807) is 6.92 Å². The molecule has 100 valence electrons. The van der Waals surface area contributed by atoms with Crippen LogP contribution in [0.3, 0.4) is 0 Å². The highest BCUT2D eigenvalue weighted by Gasteiger charge is 2.38. The van der Waals surface area contributed by atoms with E-state index in [1.165, 1.54) is 0 Å². The number of allylic oxidation sites excluding steroid dienone is 1. The van der Waals surface area contributed by atoms with Crippen LogP contribution < -0.4 is 0 Å². The van der Waals surface area contributed by atoms with Crippen molar-refractivity contribution in [1.82, 2.24) is 0 Å². The van der Waals surface area contributed by atoms with E-state index in [0.717, 1.165) is 0 Å². The Morgan fingerprint density at radius 1 is 0.895 bits per heavy atom.